The number of esters is 1. The lowest BCUT2D eigenvalue weighted by molar-refractivity contribution is -0.141. The van der Waals surface area contributed by atoms with Crippen LogP contribution in [0, 0.1) is 0 Å². The molecule has 1 aromatic rings. The Labute approximate surface area is 123 Å². The van der Waals surface area contributed by atoms with Gasteiger partial charge in [-0.15, -0.1) is 0 Å². The predicted octanol–water partition coefficient (Wildman–Crippen LogP) is 4.37. The molecule has 0 heterocycles. The lowest BCUT2D eigenvalue weighted by Crippen LogP contribution is -2.30. The molecule has 0 aliphatic carbocycles. The first-order valence-corrected chi connectivity index (χ1v) is 7.56. The van der Waals surface area contributed by atoms with Gasteiger partial charge >= 0.3 is 5.97 Å². The van der Waals surface area contributed by atoms with Crippen molar-refractivity contribution in [1.29, 1.82) is 0 Å². The smallest absolute Gasteiger partial charge is 0.328 e. The van der Waals surface area contributed by atoms with Crippen LogP contribution in [0.15, 0.2) is 28.7 Å². The van der Waals surface area contributed by atoms with E-state index in [0.29, 0.717) is 0 Å². The first kappa shape index (κ1) is 16.0. The summed E-state index contributed by atoms with van der Waals surface area (Å²) >= 11 is 3.42. The van der Waals surface area contributed by atoms with Crippen LogP contribution in [0.1, 0.15) is 39.0 Å². The van der Waals surface area contributed by atoms with E-state index in [1.54, 1.807) is 0 Å². The Hall–Kier alpha value is -1.03. The van der Waals surface area contributed by atoms with Crippen molar-refractivity contribution in [2.24, 2.45) is 0 Å². The van der Waals surface area contributed by atoms with Crippen molar-refractivity contribution >= 4 is 27.6 Å². The third-order valence-corrected chi connectivity index (χ3v) is 3.49. The third-order valence-electron chi connectivity index (χ3n) is 3.00. The zero-order valence-corrected chi connectivity index (χ0v) is 13.2. The van der Waals surface area contributed by atoms with E-state index in [0.717, 1.165) is 29.4 Å². The standard InChI is InChI=1S/C15H22BrNO2/c1-3-4-5-6-10-14(15(18)19-2)17-13-9-7-8-12(16)11-13/h7-9,11,14,17H,3-6,10H2,1-2H3. The summed E-state index contributed by atoms with van der Waals surface area (Å²) in [6.45, 7) is 2.18. The van der Waals surface area contributed by atoms with Gasteiger partial charge in [-0.2, -0.15) is 0 Å². The zero-order chi connectivity index (χ0) is 14.1. The van der Waals surface area contributed by atoms with Crippen LogP contribution in [-0.2, 0) is 9.53 Å². The number of ether oxygens (including phenoxy) is 1. The number of anilines is 1. The minimum atomic E-state index is -0.267. The Morgan fingerprint density at radius 3 is 2.79 bits per heavy atom. The topological polar surface area (TPSA) is 38.3 Å². The molecule has 106 valence electrons. The number of benzene rings is 1. The highest BCUT2D eigenvalue weighted by Crippen LogP contribution is 2.18. The first-order valence-electron chi connectivity index (χ1n) is 6.77. The number of unbranched alkanes of at least 4 members (excludes halogenated alkanes) is 3. The molecule has 0 saturated heterocycles. The summed E-state index contributed by atoms with van der Waals surface area (Å²) in [6, 6.07) is 7.54. The molecule has 4 heteroatoms. The highest BCUT2D eigenvalue weighted by Gasteiger charge is 2.18. The maximum Gasteiger partial charge on any atom is 0.328 e. The molecule has 1 aromatic carbocycles. The van der Waals surface area contributed by atoms with Gasteiger partial charge in [0.15, 0.2) is 0 Å². The number of carbonyl (C=O) groups is 1. The highest BCUT2D eigenvalue weighted by atomic mass is 79.9. The van der Waals surface area contributed by atoms with Crippen LogP contribution in [0.25, 0.3) is 0 Å². The van der Waals surface area contributed by atoms with Crippen LogP contribution in [0.5, 0.6) is 0 Å². The zero-order valence-electron chi connectivity index (χ0n) is 11.6. The number of hydrogen-bond donors (Lipinski definition) is 1. The molecule has 0 aliphatic rings. The number of carbonyl (C=O) groups excluding carboxylic acids is 1. The summed E-state index contributed by atoms with van der Waals surface area (Å²) in [7, 11) is 1.43. The largest absolute Gasteiger partial charge is 0.467 e. The fourth-order valence-corrected chi connectivity index (χ4v) is 2.35. The highest BCUT2D eigenvalue weighted by molar-refractivity contribution is 9.10. The van der Waals surface area contributed by atoms with Gasteiger partial charge in [-0.3, -0.25) is 0 Å². The van der Waals surface area contributed by atoms with Gasteiger partial charge in [-0.05, 0) is 24.6 Å². The predicted molar refractivity (Wildman–Crippen MR) is 82.3 cm³/mol. The van der Waals surface area contributed by atoms with Gasteiger partial charge in [0, 0.05) is 10.2 Å². The van der Waals surface area contributed by atoms with Gasteiger partial charge in [-0.1, -0.05) is 54.6 Å². The van der Waals surface area contributed by atoms with E-state index in [1.807, 2.05) is 24.3 Å². The minimum absolute atomic E-state index is 0.198. The number of hydrogen-bond acceptors (Lipinski definition) is 3. The van der Waals surface area contributed by atoms with Gasteiger partial charge in [0.25, 0.3) is 0 Å². The van der Waals surface area contributed by atoms with Crippen molar-refractivity contribution < 1.29 is 9.53 Å². The van der Waals surface area contributed by atoms with Crippen LogP contribution in [0.3, 0.4) is 0 Å². The fourth-order valence-electron chi connectivity index (χ4n) is 1.95. The Morgan fingerprint density at radius 1 is 1.37 bits per heavy atom. The minimum Gasteiger partial charge on any atom is -0.467 e. The number of rotatable bonds is 8. The molecule has 1 atom stereocenters. The summed E-state index contributed by atoms with van der Waals surface area (Å²) in [5.41, 5.74) is 0.931. The summed E-state index contributed by atoms with van der Waals surface area (Å²) in [4.78, 5) is 11.8. The summed E-state index contributed by atoms with van der Waals surface area (Å²) in [5.74, 6) is -0.198. The van der Waals surface area contributed by atoms with E-state index in [1.165, 1.54) is 20.0 Å². The van der Waals surface area contributed by atoms with Crippen LogP contribution < -0.4 is 5.32 Å². The van der Waals surface area contributed by atoms with Gasteiger partial charge in [0.2, 0.25) is 0 Å². The molecule has 3 nitrogen and oxygen atoms in total. The Balaban J connectivity index is 2.56. The van der Waals surface area contributed by atoms with E-state index in [2.05, 4.69) is 28.2 Å². The Bertz CT molecular complexity index is 395. The van der Waals surface area contributed by atoms with Gasteiger partial charge in [0.05, 0.1) is 7.11 Å². The second-order valence-corrected chi connectivity index (χ2v) is 5.50. The Kier molecular flexibility index (Phi) is 7.56. The fraction of sp³-hybridized carbons (Fsp3) is 0.533. The molecule has 0 bridgehead atoms. The normalized spacial score (nSPS) is 11.9. The molecule has 1 N–H and O–H groups in total. The molecule has 0 radical (unpaired) electrons. The van der Waals surface area contributed by atoms with Crippen LogP contribution in [0.4, 0.5) is 5.69 Å². The van der Waals surface area contributed by atoms with Crippen molar-refractivity contribution in [3.05, 3.63) is 28.7 Å². The lowest BCUT2D eigenvalue weighted by atomic mass is 10.1. The monoisotopic (exact) mass is 327 g/mol. The number of methoxy groups -OCH3 is 1. The molecule has 0 aliphatic heterocycles. The van der Waals surface area contributed by atoms with Crippen molar-refractivity contribution in [3.8, 4) is 0 Å². The van der Waals surface area contributed by atoms with E-state index in [-0.39, 0.29) is 12.0 Å². The molecule has 1 unspecified atom stereocenters. The SMILES string of the molecule is CCCCCCC(Nc1cccc(Br)c1)C(=O)OC. The molecule has 0 aromatic heterocycles. The number of halogens is 1. The number of nitrogens with one attached hydrogen (secondary N) is 1. The quantitative estimate of drug-likeness (QED) is 0.569. The van der Waals surface area contributed by atoms with Gasteiger partial charge in [-0.25, -0.2) is 4.79 Å². The maximum atomic E-state index is 11.8. The van der Waals surface area contributed by atoms with E-state index < -0.39 is 0 Å². The molecule has 0 spiro atoms. The first-order chi connectivity index (χ1) is 9.17. The second-order valence-electron chi connectivity index (χ2n) is 4.58. The maximum absolute atomic E-state index is 11.8. The van der Waals surface area contributed by atoms with E-state index in [4.69, 9.17) is 4.74 Å². The molecule has 0 saturated carbocycles. The molecule has 1 rings (SSSR count). The molecular formula is C15H22BrNO2. The van der Waals surface area contributed by atoms with Crippen molar-refractivity contribution in [2.45, 2.75) is 45.1 Å². The molecule has 0 fully saturated rings. The van der Waals surface area contributed by atoms with Crippen molar-refractivity contribution in [2.75, 3.05) is 12.4 Å². The van der Waals surface area contributed by atoms with E-state index >= 15 is 0 Å². The third kappa shape index (κ3) is 6.10. The van der Waals surface area contributed by atoms with Crippen molar-refractivity contribution in [1.82, 2.24) is 0 Å². The summed E-state index contributed by atoms with van der Waals surface area (Å²) in [5, 5.41) is 3.24. The molecule has 0 amide bonds. The average molecular weight is 328 g/mol. The summed E-state index contributed by atoms with van der Waals surface area (Å²) in [6.07, 6.45) is 5.41. The molecular weight excluding hydrogens is 306 g/mol. The van der Waals surface area contributed by atoms with Gasteiger partial charge < -0.3 is 10.1 Å². The average Bonchev–Trinajstić information content (AvgIpc) is 2.41. The molecule has 19 heavy (non-hydrogen) atoms. The van der Waals surface area contributed by atoms with Crippen LogP contribution in [-0.4, -0.2) is 19.1 Å². The lowest BCUT2D eigenvalue weighted by Gasteiger charge is -2.17. The van der Waals surface area contributed by atoms with Gasteiger partial charge in [0.1, 0.15) is 6.04 Å². The summed E-state index contributed by atoms with van der Waals surface area (Å²) < 4.78 is 5.85. The van der Waals surface area contributed by atoms with Crippen molar-refractivity contribution in [3.63, 3.8) is 0 Å². The second kappa shape index (κ2) is 8.97. The van der Waals surface area contributed by atoms with Crippen LogP contribution in [0.2, 0.25) is 0 Å². The Morgan fingerprint density at radius 2 is 2.16 bits per heavy atom. The van der Waals surface area contributed by atoms with E-state index in [9.17, 15) is 4.79 Å². The van der Waals surface area contributed by atoms with Crippen LogP contribution >= 0.6 is 15.9 Å².